The normalized spacial score (nSPS) is 12.0. The van der Waals surface area contributed by atoms with Crippen LogP contribution in [0.15, 0.2) is 42.6 Å². The Hall–Kier alpha value is -2.16. The Morgan fingerprint density at radius 1 is 1.10 bits per heavy atom. The Morgan fingerprint density at radius 3 is 2.29 bits per heavy atom. The Morgan fingerprint density at radius 2 is 1.76 bits per heavy atom. The zero-order valence-corrected chi connectivity index (χ0v) is 12.8. The molecule has 1 atom stereocenters. The van der Waals surface area contributed by atoms with Gasteiger partial charge >= 0.3 is 0 Å². The van der Waals surface area contributed by atoms with E-state index in [0.717, 1.165) is 12.2 Å². The van der Waals surface area contributed by atoms with Crippen LogP contribution in [0.4, 0.5) is 0 Å². The molecule has 0 bridgehead atoms. The number of Topliss-reactive ketones (excluding diaryl/α,β-unsaturated/α-hetero) is 1. The number of aromatic nitrogens is 1. The summed E-state index contributed by atoms with van der Waals surface area (Å²) in [7, 11) is 0. The van der Waals surface area contributed by atoms with Gasteiger partial charge in [-0.1, -0.05) is 32.9 Å². The summed E-state index contributed by atoms with van der Waals surface area (Å²) in [5.74, 6) is 2.01. The van der Waals surface area contributed by atoms with Crippen molar-refractivity contribution in [2.45, 2.75) is 39.5 Å². The molecular formula is C18H21NO2. The van der Waals surface area contributed by atoms with Crippen molar-refractivity contribution in [2.24, 2.45) is 0 Å². The number of ketones is 1. The predicted octanol–water partition coefficient (Wildman–Crippen LogP) is 4.98. The van der Waals surface area contributed by atoms with Crippen LogP contribution in [0.2, 0.25) is 0 Å². The average molecular weight is 283 g/mol. The van der Waals surface area contributed by atoms with Crippen LogP contribution in [0.5, 0.6) is 11.5 Å². The van der Waals surface area contributed by atoms with Crippen LogP contribution in [0.3, 0.4) is 0 Å². The Balaban J connectivity index is 2.06. The highest BCUT2D eigenvalue weighted by atomic mass is 16.5. The number of rotatable bonds is 6. The Labute approximate surface area is 126 Å². The van der Waals surface area contributed by atoms with Gasteiger partial charge in [-0.25, -0.2) is 4.98 Å². The van der Waals surface area contributed by atoms with Gasteiger partial charge in [-0.15, -0.1) is 0 Å². The van der Waals surface area contributed by atoms with Crippen LogP contribution in [0, 0.1) is 0 Å². The van der Waals surface area contributed by atoms with Gasteiger partial charge in [-0.2, -0.15) is 0 Å². The van der Waals surface area contributed by atoms with E-state index in [1.807, 2.05) is 19.1 Å². The lowest BCUT2D eigenvalue weighted by atomic mass is 9.99. The number of nitrogens with zero attached hydrogens (tertiary/aromatic N) is 1. The maximum Gasteiger partial charge on any atom is 0.180 e. The van der Waals surface area contributed by atoms with E-state index in [0.29, 0.717) is 23.8 Å². The van der Waals surface area contributed by atoms with Crippen LogP contribution in [-0.2, 0) is 0 Å². The van der Waals surface area contributed by atoms with Gasteiger partial charge in [-0.3, -0.25) is 4.79 Å². The highest BCUT2D eigenvalue weighted by Gasteiger charge is 2.06. The molecule has 0 aliphatic heterocycles. The monoisotopic (exact) mass is 283 g/mol. The summed E-state index contributed by atoms with van der Waals surface area (Å²) in [5, 5.41) is 0. The third-order valence-electron chi connectivity index (χ3n) is 3.64. The molecule has 0 N–H and O–H groups in total. The van der Waals surface area contributed by atoms with Crippen LogP contribution in [0.25, 0.3) is 0 Å². The second-order valence-corrected chi connectivity index (χ2v) is 5.14. The van der Waals surface area contributed by atoms with Crippen molar-refractivity contribution < 1.29 is 9.53 Å². The molecule has 0 radical (unpaired) electrons. The molecule has 1 unspecified atom stereocenters. The van der Waals surface area contributed by atoms with Crippen molar-refractivity contribution in [2.75, 3.05) is 0 Å². The number of pyridine rings is 1. The van der Waals surface area contributed by atoms with Gasteiger partial charge in [0.1, 0.15) is 17.2 Å². The average Bonchev–Trinajstić information content (AvgIpc) is 2.55. The number of hydrogen-bond acceptors (Lipinski definition) is 3. The SMILES string of the molecule is CCC(=O)c1ccc(Oc2ccc(C(C)CC)cc2)cn1. The van der Waals surface area contributed by atoms with Crippen molar-refractivity contribution in [3.05, 3.63) is 53.9 Å². The molecular weight excluding hydrogens is 262 g/mol. The molecule has 3 nitrogen and oxygen atoms in total. The summed E-state index contributed by atoms with van der Waals surface area (Å²) in [6.07, 6.45) is 3.17. The predicted molar refractivity (Wildman–Crippen MR) is 84.1 cm³/mol. The lowest BCUT2D eigenvalue weighted by Gasteiger charge is -2.10. The van der Waals surface area contributed by atoms with E-state index in [-0.39, 0.29) is 5.78 Å². The van der Waals surface area contributed by atoms with E-state index in [9.17, 15) is 4.79 Å². The molecule has 1 aromatic heterocycles. The molecule has 0 spiro atoms. The second-order valence-electron chi connectivity index (χ2n) is 5.14. The summed E-state index contributed by atoms with van der Waals surface area (Å²) < 4.78 is 5.74. The van der Waals surface area contributed by atoms with Crippen molar-refractivity contribution in [1.82, 2.24) is 4.98 Å². The van der Waals surface area contributed by atoms with Gasteiger partial charge in [-0.05, 0) is 42.2 Å². The minimum atomic E-state index is 0.0412. The van der Waals surface area contributed by atoms with E-state index >= 15 is 0 Å². The van der Waals surface area contributed by atoms with Gasteiger partial charge in [0, 0.05) is 6.42 Å². The largest absolute Gasteiger partial charge is 0.456 e. The fourth-order valence-electron chi connectivity index (χ4n) is 2.02. The molecule has 3 heteroatoms. The summed E-state index contributed by atoms with van der Waals surface area (Å²) in [6.45, 7) is 6.22. The number of hydrogen-bond donors (Lipinski definition) is 0. The van der Waals surface area contributed by atoms with Gasteiger partial charge < -0.3 is 4.74 Å². The molecule has 110 valence electrons. The lowest BCUT2D eigenvalue weighted by Crippen LogP contribution is -1.99. The zero-order chi connectivity index (χ0) is 15.2. The molecule has 0 aliphatic carbocycles. The van der Waals surface area contributed by atoms with E-state index in [4.69, 9.17) is 4.74 Å². The number of carbonyl (C=O) groups excluding carboxylic acids is 1. The van der Waals surface area contributed by atoms with E-state index in [1.54, 1.807) is 18.3 Å². The molecule has 2 rings (SSSR count). The van der Waals surface area contributed by atoms with Crippen LogP contribution < -0.4 is 4.74 Å². The second kappa shape index (κ2) is 7.02. The number of carbonyl (C=O) groups is 1. The molecule has 0 saturated heterocycles. The van der Waals surface area contributed by atoms with Gasteiger partial charge in [0.05, 0.1) is 6.20 Å². The molecule has 21 heavy (non-hydrogen) atoms. The van der Waals surface area contributed by atoms with Crippen molar-refractivity contribution in [3.63, 3.8) is 0 Å². The van der Waals surface area contributed by atoms with Crippen molar-refractivity contribution >= 4 is 5.78 Å². The summed E-state index contributed by atoms with van der Waals surface area (Å²) >= 11 is 0. The summed E-state index contributed by atoms with van der Waals surface area (Å²) in [4.78, 5) is 15.6. The fourth-order valence-corrected chi connectivity index (χ4v) is 2.02. The van der Waals surface area contributed by atoms with Crippen LogP contribution >= 0.6 is 0 Å². The fraction of sp³-hybridized carbons (Fsp3) is 0.333. The number of ether oxygens (including phenoxy) is 1. The Kier molecular flexibility index (Phi) is 5.09. The molecule has 0 fully saturated rings. The first-order valence-electron chi connectivity index (χ1n) is 7.41. The molecule has 2 aromatic rings. The van der Waals surface area contributed by atoms with E-state index in [2.05, 4.69) is 31.0 Å². The quantitative estimate of drug-likeness (QED) is 0.702. The van der Waals surface area contributed by atoms with Crippen LogP contribution in [-0.4, -0.2) is 10.8 Å². The zero-order valence-electron chi connectivity index (χ0n) is 12.8. The molecule has 1 heterocycles. The third kappa shape index (κ3) is 3.91. The first-order valence-corrected chi connectivity index (χ1v) is 7.41. The first-order chi connectivity index (χ1) is 10.1. The van der Waals surface area contributed by atoms with Crippen LogP contribution in [0.1, 0.15) is 55.6 Å². The van der Waals surface area contributed by atoms with Gasteiger partial charge in [0.25, 0.3) is 0 Å². The summed E-state index contributed by atoms with van der Waals surface area (Å²) in [6, 6.07) is 11.6. The van der Waals surface area contributed by atoms with Crippen molar-refractivity contribution in [1.29, 1.82) is 0 Å². The van der Waals surface area contributed by atoms with Gasteiger partial charge in [0.2, 0.25) is 0 Å². The highest BCUT2D eigenvalue weighted by Crippen LogP contribution is 2.25. The minimum absolute atomic E-state index is 0.0412. The lowest BCUT2D eigenvalue weighted by molar-refractivity contribution is 0.0983. The molecule has 0 amide bonds. The summed E-state index contributed by atoms with van der Waals surface area (Å²) in [5.41, 5.74) is 1.80. The van der Waals surface area contributed by atoms with E-state index < -0.39 is 0 Å². The molecule has 0 aliphatic rings. The molecule has 0 saturated carbocycles. The topological polar surface area (TPSA) is 39.2 Å². The standard InChI is InChI=1S/C18H21NO2/c1-4-13(3)14-6-8-15(9-7-14)21-16-10-11-17(19-12-16)18(20)5-2/h6-13H,4-5H2,1-3H3. The maximum atomic E-state index is 11.5. The van der Waals surface area contributed by atoms with Gasteiger partial charge in [0.15, 0.2) is 5.78 Å². The smallest absolute Gasteiger partial charge is 0.180 e. The third-order valence-corrected chi connectivity index (χ3v) is 3.64. The minimum Gasteiger partial charge on any atom is -0.456 e. The highest BCUT2D eigenvalue weighted by molar-refractivity contribution is 5.93. The first kappa shape index (κ1) is 15.2. The van der Waals surface area contributed by atoms with Crippen molar-refractivity contribution in [3.8, 4) is 11.5 Å². The number of benzene rings is 1. The maximum absolute atomic E-state index is 11.5. The Bertz CT molecular complexity index is 588. The van der Waals surface area contributed by atoms with E-state index in [1.165, 1.54) is 5.56 Å². The molecule has 1 aromatic carbocycles.